The number of amides is 1. The lowest BCUT2D eigenvalue weighted by molar-refractivity contribution is -0.142. The molecule has 0 aromatic carbocycles. The summed E-state index contributed by atoms with van der Waals surface area (Å²) < 4.78 is 39.3. The fourth-order valence-corrected chi connectivity index (χ4v) is 3.47. The Labute approximate surface area is 159 Å². The molecule has 0 spiro atoms. The van der Waals surface area contributed by atoms with Crippen LogP contribution < -0.4 is 5.32 Å². The maximum Gasteiger partial charge on any atom is 0.435 e. The molecule has 0 bridgehead atoms. The summed E-state index contributed by atoms with van der Waals surface area (Å²) in [6.45, 7) is 2.71. The van der Waals surface area contributed by atoms with Crippen LogP contribution in [0.1, 0.15) is 24.2 Å². The van der Waals surface area contributed by atoms with Crippen molar-refractivity contribution in [3.05, 3.63) is 40.9 Å². The van der Waals surface area contributed by atoms with Gasteiger partial charge in [-0.3, -0.25) is 9.48 Å². The summed E-state index contributed by atoms with van der Waals surface area (Å²) in [7, 11) is 0. The number of piperidine rings is 1. The van der Waals surface area contributed by atoms with Gasteiger partial charge in [-0.1, -0.05) is 6.08 Å². The Morgan fingerprint density at radius 1 is 1.32 bits per heavy atom. The number of aryl methyl sites for hydroxylation is 1. The maximum atomic E-state index is 12.8. The molecule has 2 aliphatic rings. The summed E-state index contributed by atoms with van der Waals surface area (Å²) in [5, 5.41) is 16.2. The Hall–Kier alpha value is -2.62. The number of aliphatic carboxylic acids is 1. The van der Waals surface area contributed by atoms with E-state index in [0.717, 1.165) is 47.2 Å². The second-order valence-corrected chi connectivity index (χ2v) is 6.89. The highest BCUT2D eigenvalue weighted by atomic mass is 19.4. The minimum Gasteiger partial charge on any atom is -0.477 e. The minimum absolute atomic E-state index is 0.0721. The Balaban J connectivity index is 1.77. The molecule has 7 nitrogen and oxygen atoms in total. The molecule has 0 unspecified atom stereocenters. The van der Waals surface area contributed by atoms with Gasteiger partial charge in [0, 0.05) is 12.2 Å². The highest BCUT2D eigenvalue weighted by molar-refractivity contribution is 5.93. The number of allylic oxidation sites excluding steroid dienone is 2. The molecule has 28 heavy (non-hydrogen) atoms. The first-order chi connectivity index (χ1) is 13.2. The summed E-state index contributed by atoms with van der Waals surface area (Å²) in [5.74, 6) is -1.65. The number of hydrogen-bond donors (Lipinski definition) is 2. The van der Waals surface area contributed by atoms with Crippen LogP contribution in [-0.2, 0) is 22.3 Å². The van der Waals surface area contributed by atoms with Crippen molar-refractivity contribution in [3.63, 3.8) is 0 Å². The van der Waals surface area contributed by atoms with Crippen molar-refractivity contribution >= 4 is 11.9 Å². The first-order valence-corrected chi connectivity index (χ1v) is 8.94. The van der Waals surface area contributed by atoms with Gasteiger partial charge in [0.05, 0.1) is 0 Å². The third-order valence-electron chi connectivity index (χ3n) is 4.99. The number of nitrogens with one attached hydrogen (secondary N) is 1. The molecular weight excluding hydrogens is 377 g/mol. The van der Waals surface area contributed by atoms with E-state index < -0.39 is 30.3 Å². The number of alkyl halides is 3. The van der Waals surface area contributed by atoms with Crippen molar-refractivity contribution in [2.75, 3.05) is 19.6 Å². The van der Waals surface area contributed by atoms with Gasteiger partial charge in [-0.2, -0.15) is 18.3 Å². The van der Waals surface area contributed by atoms with E-state index in [0.29, 0.717) is 0 Å². The Bertz CT molecular complexity index is 836. The van der Waals surface area contributed by atoms with Crippen LogP contribution >= 0.6 is 0 Å². The number of carboxylic acid groups (broad SMARTS) is 1. The number of hydrogen-bond acceptors (Lipinski definition) is 4. The van der Waals surface area contributed by atoms with Gasteiger partial charge in [-0.15, -0.1) is 0 Å². The van der Waals surface area contributed by atoms with Crippen LogP contribution in [0.3, 0.4) is 0 Å². The Kier molecular flexibility index (Phi) is 5.59. The summed E-state index contributed by atoms with van der Waals surface area (Å²) in [5.41, 5.74) is -0.192. The Morgan fingerprint density at radius 3 is 2.57 bits per heavy atom. The zero-order valence-corrected chi connectivity index (χ0v) is 15.3. The second-order valence-electron chi connectivity index (χ2n) is 6.89. The van der Waals surface area contributed by atoms with Crippen molar-refractivity contribution in [1.29, 1.82) is 0 Å². The van der Waals surface area contributed by atoms with Gasteiger partial charge in [-0.05, 0) is 56.5 Å². The van der Waals surface area contributed by atoms with Crippen molar-refractivity contribution in [2.24, 2.45) is 5.92 Å². The van der Waals surface area contributed by atoms with Gasteiger partial charge in [0.1, 0.15) is 12.2 Å². The molecule has 0 radical (unpaired) electrons. The number of carboxylic acids is 1. The second kappa shape index (κ2) is 7.78. The van der Waals surface area contributed by atoms with Crippen LogP contribution in [0.5, 0.6) is 0 Å². The molecule has 152 valence electrons. The average Bonchev–Trinajstić information content (AvgIpc) is 3.03. The standard InChI is InChI=1S/C18H21F3N4O3/c1-11-8-15(18(19,20)21)23-25(11)10-16(26)24-7-4-13(9-14(24)17(27)28)12-2-5-22-6-3-12/h4,8-9,12,22H,2-3,5-7,10H2,1H3,(H,27,28). The van der Waals surface area contributed by atoms with Crippen molar-refractivity contribution in [3.8, 4) is 0 Å². The number of carbonyl (C=O) groups excluding carboxylic acids is 1. The van der Waals surface area contributed by atoms with Crippen molar-refractivity contribution < 1.29 is 27.9 Å². The highest BCUT2D eigenvalue weighted by Crippen LogP contribution is 2.29. The van der Waals surface area contributed by atoms with Gasteiger partial charge < -0.3 is 15.3 Å². The molecule has 0 atom stereocenters. The van der Waals surface area contributed by atoms with Crippen LogP contribution in [0.15, 0.2) is 29.5 Å². The summed E-state index contributed by atoms with van der Waals surface area (Å²) >= 11 is 0. The van der Waals surface area contributed by atoms with Crippen molar-refractivity contribution in [1.82, 2.24) is 20.0 Å². The van der Waals surface area contributed by atoms with Gasteiger partial charge in [0.25, 0.3) is 0 Å². The molecule has 2 N–H and O–H groups in total. The monoisotopic (exact) mass is 398 g/mol. The normalized spacial score (nSPS) is 18.6. The molecule has 0 saturated carbocycles. The van der Waals surface area contributed by atoms with Crippen LogP contribution in [0.2, 0.25) is 0 Å². The van der Waals surface area contributed by atoms with E-state index in [1.807, 2.05) is 6.08 Å². The van der Waals surface area contributed by atoms with E-state index >= 15 is 0 Å². The summed E-state index contributed by atoms with van der Waals surface area (Å²) in [6, 6.07) is 0.854. The van der Waals surface area contributed by atoms with E-state index in [4.69, 9.17) is 0 Å². The average molecular weight is 398 g/mol. The smallest absolute Gasteiger partial charge is 0.435 e. The minimum atomic E-state index is -4.61. The van der Waals surface area contributed by atoms with Crippen LogP contribution in [0, 0.1) is 12.8 Å². The molecule has 1 amide bonds. The zero-order valence-electron chi connectivity index (χ0n) is 15.3. The van der Waals surface area contributed by atoms with Gasteiger partial charge in [0.15, 0.2) is 5.69 Å². The molecule has 1 fully saturated rings. The molecule has 1 aromatic rings. The molecule has 3 rings (SSSR count). The van der Waals surface area contributed by atoms with E-state index in [1.54, 1.807) is 0 Å². The van der Waals surface area contributed by atoms with Crippen LogP contribution in [0.4, 0.5) is 13.2 Å². The quantitative estimate of drug-likeness (QED) is 0.810. The molecular formula is C18H21F3N4O3. The predicted molar refractivity (Wildman–Crippen MR) is 93.1 cm³/mol. The van der Waals surface area contributed by atoms with E-state index in [2.05, 4.69) is 10.4 Å². The van der Waals surface area contributed by atoms with Crippen LogP contribution in [0.25, 0.3) is 0 Å². The fraction of sp³-hybridized carbons (Fsp3) is 0.500. The molecule has 1 aromatic heterocycles. The molecule has 3 heterocycles. The molecule has 0 aliphatic carbocycles. The fourth-order valence-electron chi connectivity index (χ4n) is 3.47. The lowest BCUT2D eigenvalue weighted by Crippen LogP contribution is -2.39. The lowest BCUT2D eigenvalue weighted by Gasteiger charge is -2.30. The largest absolute Gasteiger partial charge is 0.477 e. The van der Waals surface area contributed by atoms with Gasteiger partial charge >= 0.3 is 12.1 Å². The Morgan fingerprint density at radius 2 is 2.00 bits per heavy atom. The topological polar surface area (TPSA) is 87.5 Å². The number of halogens is 3. The van der Waals surface area contributed by atoms with E-state index in [-0.39, 0.29) is 23.9 Å². The zero-order chi connectivity index (χ0) is 20.5. The number of nitrogens with zero attached hydrogens (tertiary/aromatic N) is 3. The SMILES string of the molecule is Cc1cc(C(F)(F)F)nn1CC(=O)N1CC=C(C2CCNCC2)C=C1C(=O)O. The molecule has 10 heteroatoms. The van der Waals surface area contributed by atoms with Crippen molar-refractivity contribution in [2.45, 2.75) is 32.5 Å². The third-order valence-corrected chi connectivity index (χ3v) is 4.99. The molecule has 1 saturated heterocycles. The first-order valence-electron chi connectivity index (χ1n) is 8.94. The van der Waals surface area contributed by atoms with Gasteiger partial charge in [-0.25, -0.2) is 4.79 Å². The van der Waals surface area contributed by atoms with E-state index in [1.165, 1.54) is 13.0 Å². The summed E-state index contributed by atoms with van der Waals surface area (Å²) in [4.78, 5) is 25.4. The predicted octanol–water partition coefficient (Wildman–Crippen LogP) is 1.95. The van der Waals surface area contributed by atoms with Gasteiger partial charge in [0.2, 0.25) is 5.91 Å². The first kappa shape index (κ1) is 20.1. The maximum absolute atomic E-state index is 12.8. The third kappa shape index (κ3) is 4.27. The highest BCUT2D eigenvalue weighted by Gasteiger charge is 2.35. The van der Waals surface area contributed by atoms with Crippen LogP contribution in [-0.4, -0.2) is 51.3 Å². The number of carbonyl (C=O) groups is 2. The number of rotatable bonds is 4. The summed E-state index contributed by atoms with van der Waals surface area (Å²) in [6.07, 6.45) is 0.475. The van der Waals surface area contributed by atoms with E-state index in [9.17, 15) is 27.9 Å². The molecule has 2 aliphatic heterocycles. The number of aromatic nitrogens is 2. The lowest BCUT2D eigenvalue weighted by atomic mass is 9.87.